The van der Waals surface area contributed by atoms with Crippen LogP contribution in [0.3, 0.4) is 0 Å². The van der Waals surface area contributed by atoms with Crippen LogP contribution < -0.4 is 15.5 Å². The predicted octanol–water partition coefficient (Wildman–Crippen LogP) is 5.88. The summed E-state index contributed by atoms with van der Waals surface area (Å²) in [7, 11) is -18.5. The molecule has 0 saturated carbocycles. The normalized spacial score (nSPS) is 15.1. The van der Waals surface area contributed by atoms with Gasteiger partial charge < -0.3 is 20.7 Å². The van der Waals surface area contributed by atoms with Gasteiger partial charge in [0.15, 0.2) is 11.5 Å². The SMILES string of the molecule is COc1cc(/N=N/c2ccc(S(=O)(=O)O)c3cc(S(=O)(=O)O)cc(O)c23)c(C)cc1/N=N/c1c(S(=O)(=O)O)cc2cc(/N=N/C3C(=O)N(c4ccc(S(=O)(=O)O)cc4)N=C3C(N)=O)ccc2c1O. The smallest absolute Gasteiger partial charge is 0.296 e. The molecule has 1 aliphatic heterocycles. The molecule has 1 aliphatic rings. The van der Waals surface area contributed by atoms with Crippen molar-refractivity contribution in [2.24, 2.45) is 41.5 Å². The van der Waals surface area contributed by atoms with Crippen LogP contribution in [0.2, 0.25) is 0 Å². The lowest BCUT2D eigenvalue weighted by molar-refractivity contribution is -0.118. The number of phenolic OH excluding ortho intramolecular Hbond substituents is 2. The Kier molecular flexibility index (Phi) is 12.4. The molecule has 6 aromatic carbocycles. The second kappa shape index (κ2) is 17.5. The topological polar surface area (TPSA) is 417 Å². The monoisotopic (exact) mass is 1010 g/mol. The van der Waals surface area contributed by atoms with Gasteiger partial charge in [-0.25, -0.2) is 0 Å². The molecule has 1 atom stereocenters. The summed E-state index contributed by atoms with van der Waals surface area (Å²) in [5.74, 6) is -3.78. The van der Waals surface area contributed by atoms with E-state index in [1.165, 1.54) is 44.4 Å². The molecule has 2 amide bonds. The van der Waals surface area contributed by atoms with Gasteiger partial charge >= 0.3 is 0 Å². The summed E-state index contributed by atoms with van der Waals surface area (Å²) in [6.45, 7) is 1.52. The van der Waals surface area contributed by atoms with Gasteiger partial charge in [-0.2, -0.15) is 59.1 Å². The van der Waals surface area contributed by atoms with E-state index in [1.807, 2.05) is 0 Å². The highest BCUT2D eigenvalue weighted by Crippen LogP contribution is 2.45. The molecular formula is C38H29N9O17S4. The van der Waals surface area contributed by atoms with E-state index in [0.717, 1.165) is 42.5 Å². The van der Waals surface area contributed by atoms with E-state index in [4.69, 9.17) is 10.5 Å². The van der Waals surface area contributed by atoms with Crippen LogP contribution in [0.25, 0.3) is 21.5 Å². The molecule has 7 rings (SSSR count). The number of phenols is 2. The number of aryl methyl sites for hydroxylation is 1. The number of carbonyl (C=O) groups is 2. The number of nitrogens with two attached hydrogens (primary N) is 1. The zero-order valence-electron chi connectivity index (χ0n) is 34.1. The Bertz CT molecular complexity index is 3770. The highest BCUT2D eigenvalue weighted by atomic mass is 32.2. The molecule has 6 aromatic rings. The number of anilines is 1. The maximum atomic E-state index is 13.3. The Balaban J connectivity index is 1.20. The van der Waals surface area contributed by atoms with Crippen LogP contribution in [0.15, 0.2) is 140 Å². The number of aromatic hydroxyl groups is 2. The van der Waals surface area contributed by atoms with Crippen LogP contribution >= 0.6 is 0 Å². The summed E-state index contributed by atoms with van der Waals surface area (Å²) in [6, 6.07) is 13.0. The number of methoxy groups -OCH3 is 1. The summed E-state index contributed by atoms with van der Waals surface area (Å²) < 4.78 is 140. The number of amides is 2. The average molecular weight is 1010 g/mol. The Morgan fingerprint density at radius 1 is 0.676 bits per heavy atom. The summed E-state index contributed by atoms with van der Waals surface area (Å²) >= 11 is 0. The third kappa shape index (κ3) is 9.58. The molecule has 0 radical (unpaired) electrons. The number of nitrogens with zero attached hydrogens (tertiary/aromatic N) is 8. The van der Waals surface area contributed by atoms with Gasteiger partial charge in [-0.3, -0.25) is 27.8 Å². The molecule has 30 heteroatoms. The first-order chi connectivity index (χ1) is 31.7. The second-order valence-electron chi connectivity index (χ2n) is 14.1. The fraction of sp³-hybridized carbons (Fsp3) is 0.0789. The number of azo groups is 3. The van der Waals surface area contributed by atoms with E-state index in [2.05, 4.69) is 35.8 Å². The largest absolute Gasteiger partial charge is 0.507 e. The minimum atomic E-state index is -5.16. The van der Waals surface area contributed by atoms with Gasteiger partial charge in [0, 0.05) is 22.9 Å². The van der Waals surface area contributed by atoms with Gasteiger partial charge in [-0.1, -0.05) is 0 Å². The quantitative estimate of drug-likeness (QED) is 0.0524. The van der Waals surface area contributed by atoms with Crippen LogP contribution in [0.1, 0.15) is 5.56 Å². The highest BCUT2D eigenvalue weighted by Gasteiger charge is 2.40. The number of hydrazone groups is 1. The fourth-order valence-electron chi connectivity index (χ4n) is 6.57. The summed E-state index contributed by atoms with van der Waals surface area (Å²) in [4.78, 5) is 22.4. The Labute approximate surface area is 382 Å². The molecule has 0 aromatic heterocycles. The lowest BCUT2D eigenvalue weighted by atomic mass is 10.1. The molecule has 1 heterocycles. The molecule has 0 spiro atoms. The average Bonchev–Trinajstić information content (AvgIpc) is 3.58. The van der Waals surface area contributed by atoms with Crippen molar-refractivity contribution < 1.29 is 76.4 Å². The highest BCUT2D eigenvalue weighted by molar-refractivity contribution is 7.86. The maximum Gasteiger partial charge on any atom is 0.296 e. The number of fused-ring (bicyclic) bond motifs is 2. The van der Waals surface area contributed by atoms with Gasteiger partial charge in [0.2, 0.25) is 6.04 Å². The molecular weight excluding hydrogens is 983 g/mol. The molecule has 8 N–H and O–H groups in total. The van der Waals surface area contributed by atoms with Crippen molar-refractivity contribution in [2.45, 2.75) is 32.5 Å². The molecule has 0 saturated heterocycles. The van der Waals surface area contributed by atoms with E-state index in [0.29, 0.717) is 22.7 Å². The third-order valence-corrected chi connectivity index (χ3v) is 13.2. The van der Waals surface area contributed by atoms with Crippen molar-refractivity contribution in [2.75, 3.05) is 12.1 Å². The summed E-state index contributed by atoms with van der Waals surface area (Å²) in [5, 5.41) is 49.6. The zero-order chi connectivity index (χ0) is 49.8. The lowest BCUT2D eigenvalue weighted by Gasteiger charge is -2.12. The van der Waals surface area contributed by atoms with Crippen LogP contribution in [0, 0.1) is 6.92 Å². The summed E-state index contributed by atoms with van der Waals surface area (Å²) in [6.07, 6.45) is 0. The summed E-state index contributed by atoms with van der Waals surface area (Å²) in [5.41, 5.74) is 4.14. The number of rotatable bonds is 13. The first kappa shape index (κ1) is 48.2. The van der Waals surface area contributed by atoms with Crippen molar-refractivity contribution in [3.63, 3.8) is 0 Å². The molecule has 0 bridgehead atoms. The van der Waals surface area contributed by atoms with Crippen LogP contribution in [-0.4, -0.2) is 92.8 Å². The number of ether oxygens (including phenoxy) is 1. The van der Waals surface area contributed by atoms with Gasteiger partial charge in [-0.05, 0) is 90.7 Å². The first-order valence-electron chi connectivity index (χ1n) is 18.4. The lowest BCUT2D eigenvalue weighted by Crippen LogP contribution is -2.35. The number of primary amides is 1. The minimum Gasteiger partial charge on any atom is -0.507 e. The maximum absolute atomic E-state index is 13.3. The van der Waals surface area contributed by atoms with Crippen molar-refractivity contribution in [3.05, 3.63) is 90.5 Å². The van der Waals surface area contributed by atoms with E-state index in [1.54, 1.807) is 0 Å². The Morgan fingerprint density at radius 2 is 1.31 bits per heavy atom. The first-order valence-corrected chi connectivity index (χ1v) is 24.2. The molecule has 0 aliphatic carbocycles. The number of benzene rings is 6. The van der Waals surface area contributed by atoms with Crippen molar-refractivity contribution in [3.8, 4) is 17.2 Å². The van der Waals surface area contributed by atoms with Crippen molar-refractivity contribution in [1.29, 1.82) is 0 Å². The van der Waals surface area contributed by atoms with Gasteiger partial charge in [0.1, 0.15) is 32.7 Å². The van der Waals surface area contributed by atoms with E-state index >= 15 is 0 Å². The van der Waals surface area contributed by atoms with Gasteiger partial charge in [0.05, 0.1) is 45.0 Å². The molecule has 26 nitrogen and oxygen atoms in total. The molecule has 1 unspecified atom stereocenters. The van der Waals surface area contributed by atoms with E-state index in [-0.39, 0.29) is 50.3 Å². The van der Waals surface area contributed by atoms with Crippen LogP contribution in [-0.2, 0) is 50.1 Å². The van der Waals surface area contributed by atoms with Crippen molar-refractivity contribution >= 4 is 114 Å². The Morgan fingerprint density at radius 3 is 1.91 bits per heavy atom. The van der Waals surface area contributed by atoms with Crippen LogP contribution in [0.4, 0.5) is 34.1 Å². The predicted molar refractivity (Wildman–Crippen MR) is 235 cm³/mol. The molecule has 352 valence electrons. The zero-order valence-corrected chi connectivity index (χ0v) is 37.4. The number of carbonyl (C=O) groups excluding carboxylic acids is 2. The minimum absolute atomic E-state index is 0.0226. The second-order valence-corrected chi connectivity index (χ2v) is 19.8. The van der Waals surface area contributed by atoms with Crippen molar-refractivity contribution in [1.82, 2.24) is 0 Å². The van der Waals surface area contributed by atoms with E-state index in [9.17, 15) is 71.7 Å². The molecule has 0 fully saturated rings. The number of hydrogen-bond donors (Lipinski definition) is 7. The fourth-order valence-corrected chi connectivity index (χ4v) is 8.91. The van der Waals surface area contributed by atoms with E-state index < -0.39 is 106 Å². The standard InChI is InChI=1S/C38H29N9O17S4/c1-17-11-27(29(64-2)16-26(17)42-41-25-9-10-30(67(58,59)60)24-14-22(66(55,56)57)15-28(48)32(24)25)43-44-33-31(68(61,62)63)13-18-12-19(3-8-23(18)36(33)49)40-45-35-34(37(39)50)46-47(38(35)51)20-4-6-21(7-5-20)65(52,53)54/h3-16,35,48-49H,1-2H3,(H2,39,50)(H,52,53,54)(H,55,56,57)(H,58,59,60)(H,61,62,63)/b42-41+,44-43+,45-40+. The Hall–Kier alpha value is -7.71. The van der Waals surface area contributed by atoms with Gasteiger partial charge in [-0.15, -0.1) is 15.3 Å². The number of hydrogen-bond acceptors (Lipinski definition) is 20. The molecule has 68 heavy (non-hydrogen) atoms. The van der Waals surface area contributed by atoms with Gasteiger partial charge in [0.25, 0.3) is 52.3 Å². The third-order valence-electron chi connectivity index (χ3n) is 9.74. The van der Waals surface area contributed by atoms with Crippen LogP contribution in [0.5, 0.6) is 17.2 Å².